The Hall–Kier alpha value is -2.08. The highest BCUT2D eigenvalue weighted by Crippen LogP contribution is 2.49. The molecule has 0 aromatic heterocycles. The summed E-state index contributed by atoms with van der Waals surface area (Å²) in [6, 6.07) is -1.06. The fraction of sp³-hybridized carbons (Fsp3) is 0.652. The van der Waals surface area contributed by atoms with Crippen molar-refractivity contribution >= 4 is 23.3 Å². The topological polar surface area (TPSA) is 101 Å². The molecule has 0 aromatic rings. The molecule has 2 saturated carbocycles. The predicted octanol–water partition coefficient (Wildman–Crippen LogP) is 2.44. The second-order valence-electron chi connectivity index (χ2n) is 9.08. The van der Waals surface area contributed by atoms with Crippen molar-refractivity contribution in [2.24, 2.45) is 17.3 Å². The molecule has 6 heteroatoms. The average Bonchev–Trinajstić information content (AvgIpc) is 3.24. The van der Waals surface area contributed by atoms with Gasteiger partial charge >= 0.3 is 0 Å². The number of rotatable bonds is 10. The Bertz CT molecular complexity index is 740. The molecule has 3 aliphatic rings. The molecule has 29 heavy (non-hydrogen) atoms. The van der Waals surface area contributed by atoms with Gasteiger partial charge in [0.15, 0.2) is 11.6 Å². The van der Waals surface area contributed by atoms with E-state index in [1.165, 1.54) is 31.1 Å². The fourth-order valence-electron chi connectivity index (χ4n) is 4.46. The third-order valence-electron chi connectivity index (χ3n) is 6.62. The standard InChI is InChI=1S/C23H31NO5/c1-23(9-10-23)21(28)17(11-15-5-2-3-6-15)13-20(27)19(14-25)24-22(29)16-7-4-8-18(26)12-16/h4,7-8,15,17,19,25H,2-3,5-6,9-14H2,1H3,(H,24,29). The van der Waals surface area contributed by atoms with E-state index in [1.807, 2.05) is 6.92 Å². The van der Waals surface area contributed by atoms with Crippen molar-refractivity contribution in [1.82, 2.24) is 5.32 Å². The number of nitrogens with one attached hydrogen (secondary N) is 1. The molecule has 2 N–H and O–H groups in total. The van der Waals surface area contributed by atoms with Crippen LogP contribution in [0.15, 0.2) is 23.8 Å². The number of carbonyl (C=O) groups is 4. The van der Waals surface area contributed by atoms with Gasteiger partial charge in [0.05, 0.1) is 6.61 Å². The maximum absolute atomic E-state index is 13.0. The zero-order chi connectivity index (χ0) is 21.0. The minimum absolute atomic E-state index is 0.0180. The summed E-state index contributed by atoms with van der Waals surface area (Å²) in [5.74, 6) is -0.729. The Morgan fingerprint density at radius 2 is 1.93 bits per heavy atom. The number of Topliss-reactive ketones (excluding diaryl/α,β-unsaturated/α-hetero) is 2. The highest BCUT2D eigenvalue weighted by molar-refractivity contribution is 6.05. The van der Waals surface area contributed by atoms with Crippen molar-refractivity contribution in [2.45, 2.75) is 70.8 Å². The quantitative estimate of drug-likeness (QED) is 0.586. The van der Waals surface area contributed by atoms with Crippen molar-refractivity contribution in [3.63, 3.8) is 0 Å². The van der Waals surface area contributed by atoms with E-state index >= 15 is 0 Å². The van der Waals surface area contributed by atoms with Gasteiger partial charge in [0.2, 0.25) is 5.91 Å². The average molecular weight is 402 g/mol. The van der Waals surface area contributed by atoms with Crippen LogP contribution in [0.1, 0.15) is 64.7 Å². The first-order valence-corrected chi connectivity index (χ1v) is 10.7. The number of carbonyl (C=O) groups excluding carboxylic acids is 4. The monoisotopic (exact) mass is 401 g/mol. The predicted molar refractivity (Wildman–Crippen MR) is 108 cm³/mol. The molecule has 3 aliphatic carbocycles. The number of hydrogen-bond acceptors (Lipinski definition) is 5. The van der Waals surface area contributed by atoms with E-state index in [9.17, 15) is 24.3 Å². The molecule has 6 nitrogen and oxygen atoms in total. The Kier molecular flexibility index (Phi) is 6.83. The second-order valence-corrected chi connectivity index (χ2v) is 9.08. The van der Waals surface area contributed by atoms with Gasteiger partial charge in [-0.1, -0.05) is 44.8 Å². The maximum Gasteiger partial charge on any atom is 0.248 e. The van der Waals surface area contributed by atoms with E-state index < -0.39 is 18.6 Å². The minimum atomic E-state index is -1.06. The molecule has 158 valence electrons. The SMILES string of the molecule is CC1(C(=O)C(CC(=O)C(CO)NC(=O)C2=CC=CC(=O)C2)CC2CCCC2)CC1. The Balaban J connectivity index is 1.63. The number of amides is 1. The summed E-state index contributed by atoms with van der Waals surface area (Å²) < 4.78 is 0. The first-order valence-electron chi connectivity index (χ1n) is 10.7. The summed E-state index contributed by atoms with van der Waals surface area (Å²) in [5.41, 5.74) is -0.0333. The summed E-state index contributed by atoms with van der Waals surface area (Å²) in [6.07, 6.45) is 11.5. The second kappa shape index (κ2) is 9.16. The number of aliphatic hydroxyl groups excluding tert-OH is 1. The molecule has 0 aromatic carbocycles. The molecule has 3 rings (SSSR count). The van der Waals surface area contributed by atoms with Gasteiger partial charge in [-0.25, -0.2) is 0 Å². The van der Waals surface area contributed by atoms with E-state index in [0.29, 0.717) is 5.92 Å². The van der Waals surface area contributed by atoms with Crippen LogP contribution in [-0.2, 0) is 19.2 Å². The zero-order valence-corrected chi connectivity index (χ0v) is 17.1. The lowest BCUT2D eigenvalue weighted by Crippen LogP contribution is -2.45. The van der Waals surface area contributed by atoms with Crippen LogP contribution < -0.4 is 5.32 Å². The van der Waals surface area contributed by atoms with Crippen molar-refractivity contribution < 1.29 is 24.3 Å². The largest absolute Gasteiger partial charge is 0.394 e. The summed E-state index contributed by atoms with van der Waals surface area (Å²) in [5, 5.41) is 12.2. The van der Waals surface area contributed by atoms with Crippen LogP contribution in [0.25, 0.3) is 0 Å². The Morgan fingerprint density at radius 1 is 1.24 bits per heavy atom. The van der Waals surface area contributed by atoms with Crippen molar-refractivity contribution in [3.05, 3.63) is 23.8 Å². The maximum atomic E-state index is 13.0. The molecule has 1 amide bonds. The van der Waals surface area contributed by atoms with Gasteiger partial charge < -0.3 is 10.4 Å². The molecule has 0 heterocycles. The summed E-state index contributed by atoms with van der Waals surface area (Å²) >= 11 is 0. The lowest BCUT2D eigenvalue weighted by atomic mass is 9.80. The van der Waals surface area contributed by atoms with Crippen LogP contribution in [0.4, 0.5) is 0 Å². The lowest BCUT2D eigenvalue weighted by Gasteiger charge is -2.24. The van der Waals surface area contributed by atoms with Gasteiger partial charge in [-0.3, -0.25) is 19.2 Å². The van der Waals surface area contributed by atoms with Crippen LogP contribution in [0.3, 0.4) is 0 Å². The Morgan fingerprint density at radius 3 is 2.52 bits per heavy atom. The number of hydrogen-bond donors (Lipinski definition) is 2. The molecule has 2 unspecified atom stereocenters. The van der Waals surface area contributed by atoms with Crippen molar-refractivity contribution in [2.75, 3.05) is 6.61 Å². The molecule has 0 radical (unpaired) electrons. The fourth-order valence-corrected chi connectivity index (χ4v) is 4.46. The van der Waals surface area contributed by atoms with E-state index in [2.05, 4.69) is 5.32 Å². The third kappa shape index (κ3) is 5.50. The Labute approximate surface area is 171 Å². The number of ketones is 3. The third-order valence-corrected chi connectivity index (χ3v) is 6.62. The molecule has 0 bridgehead atoms. The number of allylic oxidation sites excluding steroid dienone is 3. The van der Waals surface area contributed by atoms with Gasteiger partial charge in [-0.05, 0) is 31.3 Å². The lowest BCUT2D eigenvalue weighted by molar-refractivity contribution is -0.133. The van der Waals surface area contributed by atoms with Gasteiger partial charge in [0.1, 0.15) is 11.8 Å². The van der Waals surface area contributed by atoms with E-state index in [1.54, 1.807) is 0 Å². The first-order chi connectivity index (χ1) is 13.8. The van der Waals surface area contributed by atoms with Gasteiger partial charge in [-0.2, -0.15) is 0 Å². The normalized spacial score (nSPS) is 22.7. The van der Waals surface area contributed by atoms with Crippen molar-refractivity contribution in [1.29, 1.82) is 0 Å². The van der Waals surface area contributed by atoms with Gasteiger partial charge in [0, 0.05) is 29.7 Å². The molecule has 0 saturated heterocycles. The zero-order valence-electron chi connectivity index (χ0n) is 17.1. The van der Waals surface area contributed by atoms with E-state index in [4.69, 9.17) is 0 Å². The van der Waals surface area contributed by atoms with Gasteiger partial charge in [-0.15, -0.1) is 0 Å². The summed E-state index contributed by atoms with van der Waals surface area (Å²) in [7, 11) is 0. The van der Waals surface area contributed by atoms with E-state index in [0.717, 1.165) is 32.1 Å². The highest BCUT2D eigenvalue weighted by atomic mass is 16.3. The van der Waals surface area contributed by atoms with Crippen LogP contribution in [0.5, 0.6) is 0 Å². The van der Waals surface area contributed by atoms with Crippen LogP contribution >= 0.6 is 0 Å². The van der Waals surface area contributed by atoms with Gasteiger partial charge in [0.25, 0.3) is 0 Å². The highest BCUT2D eigenvalue weighted by Gasteiger charge is 2.48. The summed E-state index contributed by atoms with van der Waals surface area (Å²) in [4.78, 5) is 49.8. The molecular weight excluding hydrogens is 370 g/mol. The van der Waals surface area contributed by atoms with E-state index in [-0.39, 0.29) is 47.1 Å². The molecule has 2 fully saturated rings. The van der Waals surface area contributed by atoms with Crippen molar-refractivity contribution in [3.8, 4) is 0 Å². The smallest absolute Gasteiger partial charge is 0.248 e. The first kappa shape index (κ1) is 21.6. The van der Waals surface area contributed by atoms with Crippen LogP contribution in [0, 0.1) is 17.3 Å². The van der Waals surface area contributed by atoms with Crippen LogP contribution in [0.2, 0.25) is 0 Å². The summed E-state index contributed by atoms with van der Waals surface area (Å²) in [6.45, 7) is 1.44. The minimum Gasteiger partial charge on any atom is -0.394 e. The molecule has 0 spiro atoms. The molecular formula is C23H31NO5. The number of aliphatic hydroxyl groups is 1. The van der Waals surface area contributed by atoms with Crippen LogP contribution in [-0.4, -0.2) is 41.0 Å². The molecule has 0 aliphatic heterocycles. The molecule has 2 atom stereocenters.